The van der Waals surface area contributed by atoms with Crippen molar-refractivity contribution >= 4 is 33.0 Å². The van der Waals surface area contributed by atoms with Crippen LogP contribution in [0.2, 0.25) is 4.34 Å². The van der Waals surface area contributed by atoms with Crippen LogP contribution in [0.25, 0.3) is 0 Å². The van der Waals surface area contributed by atoms with E-state index < -0.39 is 10.0 Å². The van der Waals surface area contributed by atoms with Gasteiger partial charge in [-0.3, -0.25) is 0 Å². The molecule has 1 aromatic heterocycles. The number of rotatable bonds is 5. The van der Waals surface area contributed by atoms with E-state index in [1.165, 1.54) is 10.4 Å². The molecule has 0 unspecified atom stereocenters. The lowest BCUT2D eigenvalue weighted by Gasteiger charge is -2.32. The van der Waals surface area contributed by atoms with Crippen molar-refractivity contribution in [3.63, 3.8) is 0 Å². The molecular formula is C12H18ClNO3S2. The van der Waals surface area contributed by atoms with Gasteiger partial charge >= 0.3 is 0 Å². The monoisotopic (exact) mass is 323 g/mol. The molecule has 4 nitrogen and oxygen atoms in total. The molecule has 2 rings (SSSR count). The zero-order valence-corrected chi connectivity index (χ0v) is 13.0. The summed E-state index contributed by atoms with van der Waals surface area (Å²) in [5, 5.41) is 9.15. The van der Waals surface area contributed by atoms with Gasteiger partial charge in [0.2, 0.25) is 0 Å². The van der Waals surface area contributed by atoms with E-state index in [-0.39, 0.29) is 23.4 Å². The van der Waals surface area contributed by atoms with Gasteiger partial charge < -0.3 is 5.11 Å². The second-order valence-corrected chi connectivity index (χ2v) is 8.52. The Morgan fingerprint density at radius 1 is 1.32 bits per heavy atom. The Bertz CT molecular complexity index is 509. The van der Waals surface area contributed by atoms with E-state index in [0.717, 1.165) is 43.4 Å². The van der Waals surface area contributed by atoms with Crippen molar-refractivity contribution in [2.45, 2.75) is 42.4 Å². The molecule has 0 atom stereocenters. The van der Waals surface area contributed by atoms with Crippen LogP contribution in [0, 0.1) is 0 Å². The number of hydrogen-bond donors (Lipinski definition) is 1. The highest BCUT2D eigenvalue weighted by molar-refractivity contribution is 7.91. The first-order chi connectivity index (χ1) is 9.05. The molecule has 1 aliphatic rings. The molecular weight excluding hydrogens is 306 g/mol. The molecule has 0 bridgehead atoms. The predicted molar refractivity (Wildman–Crippen MR) is 77.2 cm³/mol. The largest absolute Gasteiger partial charge is 0.395 e. The predicted octanol–water partition coefficient (Wildman–Crippen LogP) is 2.72. The maximum Gasteiger partial charge on any atom is 0.252 e. The number of halogens is 1. The van der Waals surface area contributed by atoms with Crippen LogP contribution < -0.4 is 0 Å². The lowest BCUT2D eigenvalue weighted by molar-refractivity contribution is 0.199. The molecule has 7 heteroatoms. The average Bonchev–Trinajstić information content (AvgIpc) is 2.84. The molecule has 0 saturated heterocycles. The topological polar surface area (TPSA) is 57.6 Å². The van der Waals surface area contributed by atoms with Crippen molar-refractivity contribution in [1.29, 1.82) is 0 Å². The zero-order valence-electron chi connectivity index (χ0n) is 10.6. The van der Waals surface area contributed by atoms with Crippen LogP contribution in [0.5, 0.6) is 0 Å². The molecule has 1 aliphatic carbocycles. The standard InChI is InChI=1S/C12H18ClNO3S2/c13-11-6-7-12(18-11)19(16,17)14(8-9-15)10-4-2-1-3-5-10/h6-7,10,15H,1-5,8-9H2. The number of aliphatic hydroxyl groups excluding tert-OH is 1. The molecule has 0 aliphatic heterocycles. The summed E-state index contributed by atoms with van der Waals surface area (Å²) in [7, 11) is -3.53. The number of nitrogens with zero attached hydrogens (tertiary/aromatic N) is 1. The molecule has 0 aromatic carbocycles. The van der Waals surface area contributed by atoms with Gasteiger partial charge in [-0.25, -0.2) is 8.42 Å². The minimum atomic E-state index is -3.53. The molecule has 0 radical (unpaired) electrons. The van der Waals surface area contributed by atoms with E-state index in [1.54, 1.807) is 6.07 Å². The fourth-order valence-electron chi connectivity index (χ4n) is 2.52. The third-order valence-electron chi connectivity index (χ3n) is 3.41. The Balaban J connectivity index is 2.26. The first kappa shape index (κ1) is 15.3. The number of hydrogen-bond acceptors (Lipinski definition) is 4. The molecule has 0 amide bonds. The zero-order chi connectivity index (χ0) is 13.9. The van der Waals surface area contributed by atoms with Crippen molar-refractivity contribution in [3.05, 3.63) is 16.5 Å². The van der Waals surface area contributed by atoms with Gasteiger partial charge in [0.25, 0.3) is 10.0 Å². The minimum absolute atomic E-state index is 0.00627. The minimum Gasteiger partial charge on any atom is -0.395 e. The fraction of sp³-hybridized carbons (Fsp3) is 0.667. The Kier molecular flexibility index (Phi) is 5.25. The summed E-state index contributed by atoms with van der Waals surface area (Å²) >= 11 is 6.89. The normalized spacial score (nSPS) is 18.1. The first-order valence-corrected chi connectivity index (χ1v) is 9.07. The van der Waals surface area contributed by atoms with E-state index in [2.05, 4.69) is 0 Å². The lowest BCUT2D eigenvalue weighted by Crippen LogP contribution is -2.42. The summed E-state index contributed by atoms with van der Waals surface area (Å²) in [5.74, 6) is 0. The van der Waals surface area contributed by atoms with Crippen LogP contribution in [0.15, 0.2) is 16.3 Å². The molecule has 19 heavy (non-hydrogen) atoms. The van der Waals surface area contributed by atoms with E-state index >= 15 is 0 Å². The van der Waals surface area contributed by atoms with Crippen LogP contribution in [-0.4, -0.2) is 37.0 Å². The third kappa shape index (κ3) is 3.49. The van der Waals surface area contributed by atoms with Crippen molar-refractivity contribution in [3.8, 4) is 0 Å². The molecule has 1 fully saturated rings. The van der Waals surface area contributed by atoms with Gasteiger partial charge in [-0.05, 0) is 25.0 Å². The van der Waals surface area contributed by atoms with Gasteiger partial charge in [0, 0.05) is 12.6 Å². The molecule has 108 valence electrons. The SMILES string of the molecule is O=S(=O)(c1ccc(Cl)s1)N(CCO)C1CCCCC1. The average molecular weight is 324 g/mol. The summed E-state index contributed by atoms with van der Waals surface area (Å²) in [4.78, 5) is 0. The number of sulfonamides is 1. The smallest absolute Gasteiger partial charge is 0.252 e. The Morgan fingerprint density at radius 2 is 2.00 bits per heavy atom. The van der Waals surface area contributed by atoms with Crippen LogP contribution >= 0.6 is 22.9 Å². The van der Waals surface area contributed by atoms with Crippen molar-refractivity contribution in [2.75, 3.05) is 13.2 Å². The fourth-order valence-corrected chi connectivity index (χ4v) is 5.81. The summed E-state index contributed by atoms with van der Waals surface area (Å²) in [5.41, 5.74) is 0. The summed E-state index contributed by atoms with van der Waals surface area (Å²) in [6.45, 7) is -0.00262. The molecule has 1 N–H and O–H groups in total. The molecule has 0 spiro atoms. The second kappa shape index (κ2) is 6.54. The Morgan fingerprint density at radius 3 is 2.53 bits per heavy atom. The van der Waals surface area contributed by atoms with Gasteiger partial charge in [-0.1, -0.05) is 30.9 Å². The highest BCUT2D eigenvalue weighted by Gasteiger charge is 2.32. The maximum atomic E-state index is 12.6. The third-order valence-corrected chi connectivity index (χ3v) is 7.06. The molecule has 1 saturated carbocycles. The lowest BCUT2D eigenvalue weighted by atomic mass is 9.95. The van der Waals surface area contributed by atoms with Crippen LogP contribution in [0.3, 0.4) is 0 Å². The maximum absolute atomic E-state index is 12.6. The van der Waals surface area contributed by atoms with Gasteiger partial charge in [0.05, 0.1) is 10.9 Å². The molecule has 1 aromatic rings. The highest BCUT2D eigenvalue weighted by Crippen LogP contribution is 2.32. The summed E-state index contributed by atoms with van der Waals surface area (Å²) < 4.78 is 27.4. The van der Waals surface area contributed by atoms with Gasteiger partial charge in [0.15, 0.2) is 0 Å². The van der Waals surface area contributed by atoms with Crippen molar-refractivity contribution in [1.82, 2.24) is 4.31 Å². The van der Waals surface area contributed by atoms with Crippen molar-refractivity contribution in [2.24, 2.45) is 0 Å². The van der Waals surface area contributed by atoms with Crippen LogP contribution in [0.4, 0.5) is 0 Å². The van der Waals surface area contributed by atoms with Crippen LogP contribution in [0.1, 0.15) is 32.1 Å². The Labute approximate surface area is 123 Å². The Hall–Kier alpha value is -0.140. The summed E-state index contributed by atoms with van der Waals surface area (Å²) in [6.07, 6.45) is 5.01. The first-order valence-electron chi connectivity index (χ1n) is 6.44. The van der Waals surface area contributed by atoms with E-state index in [9.17, 15) is 8.42 Å². The number of aliphatic hydroxyl groups is 1. The van der Waals surface area contributed by atoms with E-state index in [1.807, 2.05) is 0 Å². The van der Waals surface area contributed by atoms with Crippen LogP contribution in [-0.2, 0) is 10.0 Å². The van der Waals surface area contributed by atoms with Gasteiger partial charge in [0.1, 0.15) is 4.21 Å². The number of thiophene rings is 1. The van der Waals surface area contributed by atoms with E-state index in [0.29, 0.717) is 4.34 Å². The second-order valence-electron chi connectivity index (χ2n) is 4.69. The van der Waals surface area contributed by atoms with Gasteiger partial charge in [-0.15, -0.1) is 11.3 Å². The van der Waals surface area contributed by atoms with Gasteiger partial charge in [-0.2, -0.15) is 4.31 Å². The van der Waals surface area contributed by atoms with Crippen molar-refractivity contribution < 1.29 is 13.5 Å². The summed E-state index contributed by atoms with van der Waals surface area (Å²) in [6, 6.07) is 3.14. The highest BCUT2D eigenvalue weighted by atomic mass is 35.5. The molecule has 1 heterocycles. The quantitative estimate of drug-likeness (QED) is 0.906. The van der Waals surface area contributed by atoms with E-state index in [4.69, 9.17) is 16.7 Å².